The van der Waals surface area contributed by atoms with Crippen molar-refractivity contribution in [2.45, 2.75) is 32.9 Å². The second-order valence-corrected chi connectivity index (χ2v) is 7.22. The van der Waals surface area contributed by atoms with E-state index in [1.807, 2.05) is 24.3 Å². The van der Waals surface area contributed by atoms with Gasteiger partial charge in [0.25, 0.3) is 11.5 Å². The third-order valence-corrected chi connectivity index (χ3v) is 5.22. The standard InChI is InChI=1S/C20H24ClN3O2.ClH/c1-14-8-10-24(13-15-5-4-9-22-11-15)20(26)18(14)19(25)23-12-16-6-2-3-7-17(16)21;/h2-3,6-8,10,15,22H,4-5,9,11-13H2,1H3,(H,23,25);1H. The Labute approximate surface area is 170 Å². The zero-order chi connectivity index (χ0) is 18.5. The van der Waals surface area contributed by atoms with Gasteiger partial charge in [-0.15, -0.1) is 12.4 Å². The van der Waals surface area contributed by atoms with Crippen molar-refractivity contribution >= 4 is 29.9 Å². The van der Waals surface area contributed by atoms with Crippen LogP contribution >= 0.6 is 24.0 Å². The molecule has 1 saturated heterocycles. The number of rotatable bonds is 5. The maximum Gasteiger partial charge on any atom is 0.263 e. The number of hydrogen-bond donors (Lipinski definition) is 2. The van der Waals surface area contributed by atoms with Gasteiger partial charge < -0.3 is 15.2 Å². The van der Waals surface area contributed by atoms with E-state index in [-0.39, 0.29) is 29.4 Å². The van der Waals surface area contributed by atoms with Crippen LogP contribution in [0.25, 0.3) is 0 Å². The second kappa shape index (κ2) is 9.93. The summed E-state index contributed by atoms with van der Waals surface area (Å²) in [4.78, 5) is 25.5. The Morgan fingerprint density at radius 1 is 1.33 bits per heavy atom. The summed E-state index contributed by atoms with van der Waals surface area (Å²) in [5, 5.41) is 6.78. The summed E-state index contributed by atoms with van der Waals surface area (Å²) in [6, 6.07) is 9.18. The molecular formula is C20H25Cl2N3O2. The fourth-order valence-corrected chi connectivity index (χ4v) is 3.55. The first-order valence-electron chi connectivity index (χ1n) is 8.98. The lowest BCUT2D eigenvalue weighted by Crippen LogP contribution is -2.37. The minimum Gasteiger partial charge on any atom is -0.348 e. The van der Waals surface area contributed by atoms with Gasteiger partial charge in [0, 0.05) is 24.3 Å². The number of nitrogens with one attached hydrogen (secondary N) is 2. The van der Waals surface area contributed by atoms with Crippen LogP contribution in [0, 0.1) is 12.8 Å². The lowest BCUT2D eigenvalue weighted by molar-refractivity contribution is 0.0948. The first-order valence-corrected chi connectivity index (χ1v) is 9.36. The molecule has 1 aromatic carbocycles. The lowest BCUT2D eigenvalue weighted by atomic mass is 9.99. The third kappa shape index (κ3) is 5.34. The van der Waals surface area contributed by atoms with Gasteiger partial charge in [-0.1, -0.05) is 29.8 Å². The summed E-state index contributed by atoms with van der Waals surface area (Å²) in [6.07, 6.45) is 4.01. The molecular weight excluding hydrogens is 385 g/mol. The smallest absolute Gasteiger partial charge is 0.263 e. The first-order chi connectivity index (χ1) is 12.6. The number of aromatic nitrogens is 1. The average Bonchev–Trinajstić information content (AvgIpc) is 2.64. The van der Waals surface area contributed by atoms with Gasteiger partial charge in [-0.2, -0.15) is 0 Å². The molecule has 1 atom stereocenters. The molecule has 0 spiro atoms. The number of pyridine rings is 1. The van der Waals surface area contributed by atoms with E-state index in [9.17, 15) is 9.59 Å². The van der Waals surface area contributed by atoms with E-state index in [4.69, 9.17) is 11.6 Å². The molecule has 0 radical (unpaired) electrons. The molecule has 2 aromatic rings. The van der Waals surface area contributed by atoms with Crippen LogP contribution in [0.3, 0.4) is 0 Å². The lowest BCUT2D eigenvalue weighted by Gasteiger charge is -2.23. The highest BCUT2D eigenvalue weighted by Gasteiger charge is 2.19. The predicted molar refractivity (Wildman–Crippen MR) is 111 cm³/mol. The van der Waals surface area contributed by atoms with Crippen molar-refractivity contribution in [1.82, 2.24) is 15.2 Å². The quantitative estimate of drug-likeness (QED) is 0.796. The Morgan fingerprint density at radius 3 is 2.81 bits per heavy atom. The Kier molecular flexibility index (Phi) is 7.90. The molecule has 1 amide bonds. The number of carbonyl (C=O) groups is 1. The third-order valence-electron chi connectivity index (χ3n) is 4.85. The predicted octanol–water partition coefficient (Wildman–Crippen LogP) is 3.16. The summed E-state index contributed by atoms with van der Waals surface area (Å²) in [7, 11) is 0. The minimum atomic E-state index is -0.358. The van der Waals surface area contributed by atoms with Gasteiger partial charge in [0.2, 0.25) is 0 Å². The van der Waals surface area contributed by atoms with E-state index in [1.165, 1.54) is 0 Å². The SMILES string of the molecule is Cc1ccn(CC2CCCNC2)c(=O)c1C(=O)NCc1ccccc1Cl.Cl. The summed E-state index contributed by atoms with van der Waals surface area (Å²) < 4.78 is 1.66. The van der Waals surface area contributed by atoms with E-state index < -0.39 is 0 Å². The monoisotopic (exact) mass is 409 g/mol. The van der Waals surface area contributed by atoms with Gasteiger partial charge in [0.05, 0.1) is 0 Å². The van der Waals surface area contributed by atoms with Crippen LogP contribution in [0.5, 0.6) is 0 Å². The van der Waals surface area contributed by atoms with Crippen molar-refractivity contribution in [2.24, 2.45) is 5.92 Å². The molecule has 7 heteroatoms. The highest BCUT2D eigenvalue weighted by atomic mass is 35.5. The highest BCUT2D eigenvalue weighted by molar-refractivity contribution is 6.31. The van der Waals surface area contributed by atoms with Crippen LogP contribution in [-0.4, -0.2) is 23.6 Å². The van der Waals surface area contributed by atoms with Crippen molar-refractivity contribution in [3.05, 3.63) is 68.6 Å². The van der Waals surface area contributed by atoms with Crippen LogP contribution < -0.4 is 16.2 Å². The number of nitrogens with zero attached hydrogens (tertiary/aromatic N) is 1. The number of amides is 1. The highest BCUT2D eigenvalue weighted by Crippen LogP contribution is 2.15. The van der Waals surface area contributed by atoms with E-state index >= 15 is 0 Å². The fourth-order valence-electron chi connectivity index (χ4n) is 3.35. The van der Waals surface area contributed by atoms with Crippen molar-refractivity contribution in [3.63, 3.8) is 0 Å². The van der Waals surface area contributed by atoms with E-state index in [0.717, 1.165) is 31.5 Å². The molecule has 1 aliphatic heterocycles. The summed E-state index contributed by atoms with van der Waals surface area (Å²) in [5.74, 6) is 0.0618. The molecule has 0 saturated carbocycles. The molecule has 1 aromatic heterocycles. The van der Waals surface area contributed by atoms with Crippen LogP contribution in [-0.2, 0) is 13.1 Å². The average molecular weight is 410 g/mol. The molecule has 0 aliphatic carbocycles. The van der Waals surface area contributed by atoms with Crippen molar-refractivity contribution in [3.8, 4) is 0 Å². The van der Waals surface area contributed by atoms with Crippen LogP contribution in [0.1, 0.15) is 34.3 Å². The van der Waals surface area contributed by atoms with Gasteiger partial charge in [0.15, 0.2) is 0 Å². The molecule has 1 aliphatic rings. The number of halogens is 2. The zero-order valence-electron chi connectivity index (χ0n) is 15.3. The number of aryl methyl sites for hydroxylation is 1. The zero-order valence-corrected chi connectivity index (χ0v) is 16.9. The molecule has 2 heterocycles. The van der Waals surface area contributed by atoms with Gasteiger partial charge in [-0.05, 0) is 62.0 Å². The maximum absolute atomic E-state index is 12.8. The summed E-state index contributed by atoms with van der Waals surface area (Å²) in [6.45, 7) is 4.66. The van der Waals surface area contributed by atoms with E-state index in [2.05, 4.69) is 10.6 Å². The molecule has 1 fully saturated rings. The Hall–Kier alpha value is -1.82. The van der Waals surface area contributed by atoms with Crippen LogP contribution in [0.2, 0.25) is 5.02 Å². The molecule has 1 unspecified atom stereocenters. The van der Waals surface area contributed by atoms with Crippen LogP contribution in [0.15, 0.2) is 41.3 Å². The van der Waals surface area contributed by atoms with E-state index in [0.29, 0.717) is 29.6 Å². The number of benzene rings is 1. The van der Waals surface area contributed by atoms with Crippen molar-refractivity contribution in [2.75, 3.05) is 13.1 Å². The fraction of sp³-hybridized carbons (Fsp3) is 0.400. The number of hydrogen-bond acceptors (Lipinski definition) is 3. The normalized spacial score (nSPS) is 16.4. The second-order valence-electron chi connectivity index (χ2n) is 6.82. The molecule has 2 N–H and O–H groups in total. The Balaban J connectivity index is 0.00000261. The van der Waals surface area contributed by atoms with Crippen molar-refractivity contribution in [1.29, 1.82) is 0 Å². The topological polar surface area (TPSA) is 63.1 Å². The molecule has 0 bridgehead atoms. The van der Waals surface area contributed by atoms with Gasteiger partial charge in [-0.25, -0.2) is 0 Å². The van der Waals surface area contributed by atoms with Gasteiger partial charge >= 0.3 is 0 Å². The minimum absolute atomic E-state index is 0. The molecule has 27 heavy (non-hydrogen) atoms. The van der Waals surface area contributed by atoms with Crippen LogP contribution in [0.4, 0.5) is 0 Å². The van der Waals surface area contributed by atoms with Gasteiger partial charge in [-0.3, -0.25) is 9.59 Å². The summed E-state index contributed by atoms with van der Waals surface area (Å²) >= 11 is 6.13. The molecule has 146 valence electrons. The van der Waals surface area contributed by atoms with E-state index in [1.54, 1.807) is 23.8 Å². The van der Waals surface area contributed by atoms with Crippen molar-refractivity contribution < 1.29 is 4.79 Å². The Bertz CT molecular complexity index is 845. The molecule has 3 rings (SSSR count). The summed E-state index contributed by atoms with van der Waals surface area (Å²) in [5.41, 5.74) is 1.49. The molecule has 5 nitrogen and oxygen atoms in total. The Morgan fingerprint density at radius 2 is 2.11 bits per heavy atom. The largest absolute Gasteiger partial charge is 0.348 e. The number of piperidine rings is 1. The number of carbonyl (C=O) groups excluding carboxylic acids is 1. The maximum atomic E-state index is 12.8. The van der Waals surface area contributed by atoms with Gasteiger partial charge in [0.1, 0.15) is 5.56 Å². The first kappa shape index (κ1) is 21.5.